The minimum absolute atomic E-state index is 0.129. The first-order chi connectivity index (χ1) is 15.3. The molecule has 1 N–H and O–H groups in total. The second-order valence-corrected chi connectivity index (χ2v) is 7.90. The van der Waals surface area contributed by atoms with E-state index >= 15 is 0 Å². The summed E-state index contributed by atoms with van der Waals surface area (Å²) in [6, 6.07) is 8.31. The molecule has 0 unspecified atom stereocenters. The number of nitrogens with one attached hydrogen (secondary N) is 1. The Bertz CT molecular complexity index is 1110. The Morgan fingerprint density at radius 3 is 2.22 bits per heavy atom. The second-order valence-electron chi connectivity index (χ2n) is 6.22. The number of rotatable bonds is 7. The molecular weight excluding hydrogens is 458 g/mol. The molecule has 0 spiro atoms. The number of benzene rings is 2. The Kier molecular flexibility index (Phi) is 6.95. The van der Waals surface area contributed by atoms with Crippen molar-refractivity contribution in [2.45, 2.75) is 0 Å². The molecule has 32 heavy (non-hydrogen) atoms. The summed E-state index contributed by atoms with van der Waals surface area (Å²) < 4.78 is 16.0. The minimum atomic E-state index is -0.634. The van der Waals surface area contributed by atoms with Crippen LogP contribution in [-0.4, -0.2) is 47.4 Å². The number of hydrogen-bond donors (Lipinski definition) is 1. The third kappa shape index (κ3) is 4.65. The van der Waals surface area contributed by atoms with Gasteiger partial charge in [0.2, 0.25) is 5.75 Å². The summed E-state index contributed by atoms with van der Waals surface area (Å²) in [6.07, 6.45) is 1.59. The number of hydrazine groups is 1. The van der Waals surface area contributed by atoms with Gasteiger partial charge in [-0.05, 0) is 48.1 Å². The Morgan fingerprint density at radius 1 is 1.12 bits per heavy atom. The molecule has 2 aromatic rings. The lowest BCUT2D eigenvalue weighted by Gasteiger charge is -2.15. The number of amides is 2. The van der Waals surface area contributed by atoms with Crippen molar-refractivity contribution in [1.29, 1.82) is 0 Å². The Balaban J connectivity index is 1.82. The highest BCUT2D eigenvalue weighted by Gasteiger charge is 2.34. The first kappa shape index (κ1) is 23.0. The zero-order valence-electron chi connectivity index (χ0n) is 17.1. The molecule has 1 aliphatic rings. The monoisotopic (exact) mass is 475 g/mol. The molecule has 1 aliphatic heterocycles. The number of methoxy groups -OCH3 is 3. The molecule has 0 saturated carbocycles. The number of hydrogen-bond acceptors (Lipinski definition) is 9. The molecular formula is C20H17N3O7S2. The van der Waals surface area contributed by atoms with Gasteiger partial charge in [-0.25, -0.2) is 0 Å². The number of nitro benzene ring substituents is 1. The van der Waals surface area contributed by atoms with Crippen LogP contribution in [0.1, 0.15) is 15.9 Å². The minimum Gasteiger partial charge on any atom is -0.493 e. The third-order valence-electron chi connectivity index (χ3n) is 4.33. The average Bonchev–Trinajstić information content (AvgIpc) is 3.05. The fourth-order valence-electron chi connectivity index (χ4n) is 2.80. The van der Waals surface area contributed by atoms with E-state index in [1.807, 2.05) is 0 Å². The molecule has 10 nitrogen and oxygen atoms in total. The zero-order chi connectivity index (χ0) is 23.4. The van der Waals surface area contributed by atoms with Crippen LogP contribution in [0.5, 0.6) is 17.2 Å². The standard InChI is InChI=1S/C20H17N3O7S2/c1-28-14-8-11(9-15(29-2)17(14)30-3)10-16-19(25)22(20(31)32-16)21-18(24)12-4-6-13(7-5-12)23(26)27/h4-10H,1-3H3,(H,21,24)/b16-10-. The van der Waals surface area contributed by atoms with Crippen LogP contribution in [0.3, 0.4) is 0 Å². The molecule has 0 radical (unpaired) electrons. The van der Waals surface area contributed by atoms with Crippen molar-refractivity contribution in [3.05, 3.63) is 62.5 Å². The molecule has 12 heteroatoms. The number of carbonyl (C=O) groups excluding carboxylic acids is 2. The number of nitro groups is 1. The van der Waals surface area contributed by atoms with Crippen LogP contribution in [-0.2, 0) is 4.79 Å². The topological polar surface area (TPSA) is 120 Å². The van der Waals surface area contributed by atoms with E-state index in [0.29, 0.717) is 22.8 Å². The van der Waals surface area contributed by atoms with Crippen LogP contribution >= 0.6 is 24.0 Å². The lowest BCUT2D eigenvalue weighted by molar-refractivity contribution is -0.384. The maximum absolute atomic E-state index is 12.8. The van der Waals surface area contributed by atoms with E-state index in [4.69, 9.17) is 26.4 Å². The van der Waals surface area contributed by atoms with E-state index in [9.17, 15) is 19.7 Å². The lowest BCUT2D eigenvalue weighted by Crippen LogP contribution is -2.44. The molecule has 1 saturated heterocycles. The van der Waals surface area contributed by atoms with Crippen molar-refractivity contribution in [3.8, 4) is 17.2 Å². The molecule has 0 atom stereocenters. The van der Waals surface area contributed by atoms with Crippen LogP contribution in [0.25, 0.3) is 6.08 Å². The number of thioether (sulfide) groups is 1. The second kappa shape index (κ2) is 9.66. The molecule has 0 bridgehead atoms. The van der Waals surface area contributed by atoms with E-state index in [0.717, 1.165) is 16.8 Å². The molecule has 0 aliphatic carbocycles. The van der Waals surface area contributed by atoms with E-state index in [-0.39, 0.29) is 20.5 Å². The number of carbonyl (C=O) groups is 2. The summed E-state index contributed by atoms with van der Waals surface area (Å²) in [7, 11) is 4.45. The molecule has 2 amide bonds. The first-order valence-corrected chi connectivity index (χ1v) is 10.1. The normalized spacial score (nSPS) is 14.5. The van der Waals surface area contributed by atoms with Crippen LogP contribution < -0.4 is 19.6 Å². The van der Waals surface area contributed by atoms with Crippen LogP contribution in [0.2, 0.25) is 0 Å². The Labute approximate surface area is 192 Å². The number of ether oxygens (including phenoxy) is 3. The first-order valence-electron chi connectivity index (χ1n) is 8.92. The van der Waals surface area contributed by atoms with Crippen molar-refractivity contribution in [2.75, 3.05) is 21.3 Å². The molecule has 166 valence electrons. The average molecular weight is 476 g/mol. The third-order valence-corrected chi connectivity index (χ3v) is 5.63. The molecule has 3 rings (SSSR count). The molecule has 1 heterocycles. The highest BCUT2D eigenvalue weighted by molar-refractivity contribution is 8.26. The summed E-state index contributed by atoms with van der Waals surface area (Å²) in [4.78, 5) is 35.7. The van der Waals surface area contributed by atoms with E-state index in [2.05, 4.69) is 5.43 Å². The van der Waals surface area contributed by atoms with Gasteiger partial charge in [-0.15, -0.1) is 0 Å². The van der Waals surface area contributed by atoms with Crippen molar-refractivity contribution in [2.24, 2.45) is 0 Å². The van der Waals surface area contributed by atoms with E-state index in [1.165, 1.54) is 45.6 Å². The summed E-state index contributed by atoms with van der Waals surface area (Å²) >= 11 is 6.23. The number of thiocarbonyl (C=S) groups is 1. The fraction of sp³-hybridized carbons (Fsp3) is 0.150. The van der Waals surface area contributed by atoms with Crippen molar-refractivity contribution in [3.63, 3.8) is 0 Å². The highest BCUT2D eigenvalue weighted by Crippen LogP contribution is 2.40. The SMILES string of the molecule is COc1cc(/C=C2\SC(=S)N(NC(=O)c3ccc([N+](=O)[O-])cc3)C2=O)cc(OC)c1OC. The van der Waals surface area contributed by atoms with Crippen LogP contribution in [0, 0.1) is 10.1 Å². The zero-order valence-corrected chi connectivity index (χ0v) is 18.7. The Hall–Kier alpha value is -3.64. The molecule has 0 aromatic heterocycles. The fourth-order valence-corrected chi connectivity index (χ4v) is 3.98. The van der Waals surface area contributed by atoms with Gasteiger partial charge in [-0.1, -0.05) is 11.8 Å². The van der Waals surface area contributed by atoms with Gasteiger partial charge in [-0.2, -0.15) is 5.01 Å². The van der Waals surface area contributed by atoms with Gasteiger partial charge in [0.15, 0.2) is 15.8 Å². The van der Waals surface area contributed by atoms with Crippen molar-refractivity contribution >= 4 is 51.9 Å². The summed E-state index contributed by atoms with van der Waals surface area (Å²) in [5, 5.41) is 11.7. The Morgan fingerprint density at radius 2 is 1.72 bits per heavy atom. The predicted octanol–water partition coefficient (Wildman–Crippen LogP) is 3.17. The van der Waals surface area contributed by atoms with Gasteiger partial charge in [-0.3, -0.25) is 25.1 Å². The molecule has 2 aromatic carbocycles. The van der Waals surface area contributed by atoms with E-state index < -0.39 is 16.7 Å². The van der Waals surface area contributed by atoms with Gasteiger partial charge in [0, 0.05) is 17.7 Å². The number of nitrogens with zero attached hydrogens (tertiary/aromatic N) is 2. The smallest absolute Gasteiger partial charge is 0.285 e. The highest BCUT2D eigenvalue weighted by atomic mass is 32.2. The summed E-state index contributed by atoms with van der Waals surface area (Å²) in [6.45, 7) is 0. The maximum Gasteiger partial charge on any atom is 0.285 e. The summed E-state index contributed by atoms with van der Waals surface area (Å²) in [5.74, 6) is 0.0874. The van der Waals surface area contributed by atoms with Crippen molar-refractivity contribution < 1.29 is 28.7 Å². The number of non-ortho nitro benzene ring substituents is 1. The largest absolute Gasteiger partial charge is 0.493 e. The summed E-state index contributed by atoms with van der Waals surface area (Å²) in [5.41, 5.74) is 3.01. The quantitative estimate of drug-likeness (QED) is 0.279. The van der Waals surface area contributed by atoms with Crippen LogP contribution in [0.4, 0.5) is 5.69 Å². The van der Waals surface area contributed by atoms with Crippen LogP contribution in [0.15, 0.2) is 41.3 Å². The maximum atomic E-state index is 12.8. The van der Waals surface area contributed by atoms with E-state index in [1.54, 1.807) is 18.2 Å². The van der Waals surface area contributed by atoms with Gasteiger partial charge >= 0.3 is 0 Å². The van der Waals surface area contributed by atoms with Crippen molar-refractivity contribution in [1.82, 2.24) is 10.4 Å². The van der Waals surface area contributed by atoms with Gasteiger partial charge < -0.3 is 14.2 Å². The predicted molar refractivity (Wildman–Crippen MR) is 122 cm³/mol. The molecule has 1 fully saturated rings. The lowest BCUT2D eigenvalue weighted by atomic mass is 10.1. The van der Waals surface area contributed by atoms with Gasteiger partial charge in [0.1, 0.15) is 0 Å². The van der Waals surface area contributed by atoms with Gasteiger partial charge in [0.05, 0.1) is 31.2 Å². The van der Waals surface area contributed by atoms with Gasteiger partial charge in [0.25, 0.3) is 17.5 Å².